The summed E-state index contributed by atoms with van der Waals surface area (Å²) in [5.74, 6) is 0.0168. The molecule has 0 saturated carbocycles. The Balaban J connectivity index is 1.48. The van der Waals surface area contributed by atoms with Crippen molar-refractivity contribution in [1.82, 2.24) is 15.5 Å². The number of nitrogens with one attached hydrogen (secondary N) is 2. The second-order valence-corrected chi connectivity index (χ2v) is 6.35. The number of hydrogen-bond donors (Lipinski definition) is 3. The molecule has 22 heavy (non-hydrogen) atoms. The van der Waals surface area contributed by atoms with Crippen LogP contribution >= 0.6 is 0 Å². The zero-order valence-electron chi connectivity index (χ0n) is 12.9. The summed E-state index contributed by atoms with van der Waals surface area (Å²) in [6.45, 7) is 3.25. The topological polar surface area (TPSA) is 64.6 Å². The first-order valence-electron chi connectivity index (χ1n) is 8.19. The highest BCUT2D eigenvalue weighted by Gasteiger charge is 2.30. The van der Waals surface area contributed by atoms with E-state index >= 15 is 0 Å². The van der Waals surface area contributed by atoms with Gasteiger partial charge in [-0.05, 0) is 31.4 Å². The fraction of sp³-hybridized carbons (Fsp3) is 0.588. The zero-order chi connectivity index (χ0) is 15.4. The van der Waals surface area contributed by atoms with E-state index in [4.69, 9.17) is 0 Å². The maximum atomic E-state index is 12.1. The zero-order valence-corrected chi connectivity index (χ0v) is 12.9. The van der Waals surface area contributed by atoms with Crippen molar-refractivity contribution in [3.8, 4) is 0 Å². The number of likely N-dealkylation sites (tertiary alicyclic amines) is 1. The van der Waals surface area contributed by atoms with E-state index in [0.717, 1.165) is 19.5 Å². The molecule has 1 aromatic rings. The molecule has 1 amide bonds. The molecule has 5 heteroatoms. The monoisotopic (exact) mass is 303 g/mol. The molecular weight excluding hydrogens is 278 g/mol. The van der Waals surface area contributed by atoms with Gasteiger partial charge < -0.3 is 15.7 Å². The van der Waals surface area contributed by atoms with Crippen molar-refractivity contribution in [2.45, 2.75) is 44.0 Å². The standard InChI is InChI=1S/C17H25N3O2/c21-15-9-16(18-11-15)17(22)19-10-14-7-4-8-20(14)12-13-5-2-1-3-6-13/h1-3,5-6,14-16,18,21H,4,7-12H2,(H,19,22). The summed E-state index contributed by atoms with van der Waals surface area (Å²) < 4.78 is 0. The van der Waals surface area contributed by atoms with Crippen molar-refractivity contribution >= 4 is 5.91 Å². The lowest BCUT2D eigenvalue weighted by molar-refractivity contribution is -0.123. The number of carbonyl (C=O) groups is 1. The van der Waals surface area contributed by atoms with Gasteiger partial charge in [0, 0.05) is 25.7 Å². The fourth-order valence-electron chi connectivity index (χ4n) is 3.41. The molecule has 0 aliphatic carbocycles. The molecule has 3 atom stereocenters. The van der Waals surface area contributed by atoms with Gasteiger partial charge in [-0.15, -0.1) is 0 Å². The molecule has 2 aliphatic rings. The van der Waals surface area contributed by atoms with E-state index in [1.54, 1.807) is 0 Å². The third-order valence-corrected chi connectivity index (χ3v) is 4.66. The van der Waals surface area contributed by atoms with Crippen LogP contribution in [0.15, 0.2) is 30.3 Å². The minimum atomic E-state index is -0.392. The van der Waals surface area contributed by atoms with E-state index in [1.807, 2.05) is 6.07 Å². The van der Waals surface area contributed by atoms with Crippen LogP contribution in [0.1, 0.15) is 24.8 Å². The van der Waals surface area contributed by atoms with E-state index in [0.29, 0.717) is 25.6 Å². The Morgan fingerprint density at radius 3 is 2.91 bits per heavy atom. The normalized spacial score (nSPS) is 28.9. The molecule has 2 aliphatic heterocycles. The molecule has 2 fully saturated rings. The van der Waals surface area contributed by atoms with Crippen LogP contribution in [0.2, 0.25) is 0 Å². The third kappa shape index (κ3) is 3.85. The van der Waals surface area contributed by atoms with E-state index in [-0.39, 0.29) is 11.9 Å². The maximum absolute atomic E-state index is 12.1. The highest BCUT2D eigenvalue weighted by Crippen LogP contribution is 2.19. The van der Waals surface area contributed by atoms with Gasteiger partial charge in [0.1, 0.15) is 0 Å². The lowest BCUT2D eigenvalue weighted by atomic mass is 10.1. The Kier molecular flexibility index (Phi) is 5.08. The van der Waals surface area contributed by atoms with Crippen LogP contribution in [0, 0.1) is 0 Å². The molecule has 1 aromatic carbocycles. The Hall–Kier alpha value is -1.43. The van der Waals surface area contributed by atoms with Crippen LogP contribution in [0.5, 0.6) is 0 Å². The van der Waals surface area contributed by atoms with Crippen LogP contribution in [0.4, 0.5) is 0 Å². The SMILES string of the molecule is O=C(NCC1CCCN1Cc1ccccc1)C1CC(O)CN1. The minimum Gasteiger partial charge on any atom is -0.392 e. The van der Waals surface area contributed by atoms with Gasteiger partial charge in [0.25, 0.3) is 0 Å². The maximum Gasteiger partial charge on any atom is 0.237 e. The van der Waals surface area contributed by atoms with Gasteiger partial charge in [-0.2, -0.15) is 0 Å². The predicted molar refractivity (Wildman–Crippen MR) is 85.3 cm³/mol. The van der Waals surface area contributed by atoms with E-state index < -0.39 is 6.10 Å². The average Bonchev–Trinajstić information content (AvgIpc) is 3.15. The van der Waals surface area contributed by atoms with Crippen LogP contribution in [0.3, 0.4) is 0 Å². The van der Waals surface area contributed by atoms with Gasteiger partial charge in [0.05, 0.1) is 12.1 Å². The second-order valence-electron chi connectivity index (χ2n) is 6.35. The van der Waals surface area contributed by atoms with E-state index in [2.05, 4.69) is 39.8 Å². The summed E-state index contributed by atoms with van der Waals surface area (Å²) in [6, 6.07) is 10.6. The summed E-state index contributed by atoms with van der Waals surface area (Å²) in [7, 11) is 0. The molecule has 0 aromatic heterocycles. The molecule has 3 rings (SSSR count). The lowest BCUT2D eigenvalue weighted by Gasteiger charge is -2.25. The van der Waals surface area contributed by atoms with Crippen molar-refractivity contribution in [2.75, 3.05) is 19.6 Å². The first-order valence-corrected chi connectivity index (χ1v) is 8.19. The van der Waals surface area contributed by atoms with Gasteiger partial charge in [-0.25, -0.2) is 0 Å². The average molecular weight is 303 g/mol. The van der Waals surface area contributed by atoms with Crippen molar-refractivity contribution in [3.05, 3.63) is 35.9 Å². The van der Waals surface area contributed by atoms with Gasteiger partial charge >= 0.3 is 0 Å². The number of aliphatic hydroxyl groups is 1. The summed E-state index contributed by atoms with van der Waals surface area (Å²) in [6.07, 6.45) is 2.45. The highest BCUT2D eigenvalue weighted by atomic mass is 16.3. The number of aliphatic hydroxyl groups excluding tert-OH is 1. The van der Waals surface area contributed by atoms with E-state index in [1.165, 1.54) is 12.0 Å². The molecule has 0 bridgehead atoms. The van der Waals surface area contributed by atoms with Crippen LogP contribution in [-0.4, -0.2) is 53.7 Å². The van der Waals surface area contributed by atoms with Gasteiger partial charge in [0.15, 0.2) is 0 Å². The number of carbonyl (C=O) groups excluding carboxylic acids is 1. The molecule has 0 spiro atoms. The first kappa shape index (κ1) is 15.5. The van der Waals surface area contributed by atoms with Gasteiger partial charge in [-0.1, -0.05) is 30.3 Å². The van der Waals surface area contributed by atoms with Crippen molar-refractivity contribution in [1.29, 1.82) is 0 Å². The molecule has 3 N–H and O–H groups in total. The van der Waals surface area contributed by atoms with Crippen LogP contribution in [-0.2, 0) is 11.3 Å². The first-order chi connectivity index (χ1) is 10.7. The number of rotatable bonds is 5. The molecule has 5 nitrogen and oxygen atoms in total. The molecule has 120 valence electrons. The number of hydrogen-bond acceptors (Lipinski definition) is 4. The summed E-state index contributed by atoms with van der Waals surface area (Å²) in [4.78, 5) is 14.6. The summed E-state index contributed by atoms with van der Waals surface area (Å²) >= 11 is 0. The fourth-order valence-corrected chi connectivity index (χ4v) is 3.41. The number of β-amino-alcohol motifs (C(OH)–C–C–N with tert-alkyl or cyclic N) is 1. The second kappa shape index (κ2) is 7.22. The Labute approximate surface area is 131 Å². The lowest BCUT2D eigenvalue weighted by Crippen LogP contribution is -2.45. The third-order valence-electron chi connectivity index (χ3n) is 4.66. The Morgan fingerprint density at radius 2 is 2.18 bits per heavy atom. The molecule has 3 unspecified atom stereocenters. The number of nitrogens with zero attached hydrogens (tertiary/aromatic N) is 1. The van der Waals surface area contributed by atoms with Crippen molar-refractivity contribution in [3.63, 3.8) is 0 Å². The highest BCUT2D eigenvalue weighted by molar-refractivity contribution is 5.82. The predicted octanol–water partition coefficient (Wildman–Crippen LogP) is 0.490. The minimum absolute atomic E-state index is 0.0168. The van der Waals surface area contributed by atoms with Crippen molar-refractivity contribution < 1.29 is 9.90 Å². The summed E-state index contributed by atoms with van der Waals surface area (Å²) in [5.41, 5.74) is 1.32. The van der Waals surface area contributed by atoms with Gasteiger partial charge in [-0.3, -0.25) is 9.69 Å². The summed E-state index contributed by atoms with van der Waals surface area (Å²) in [5, 5.41) is 15.6. The number of benzene rings is 1. The molecule has 2 heterocycles. The Morgan fingerprint density at radius 1 is 1.36 bits per heavy atom. The van der Waals surface area contributed by atoms with Crippen molar-refractivity contribution in [2.24, 2.45) is 0 Å². The quantitative estimate of drug-likeness (QED) is 0.741. The molecular formula is C17H25N3O2. The van der Waals surface area contributed by atoms with Crippen LogP contribution < -0.4 is 10.6 Å². The largest absolute Gasteiger partial charge is 0.392 e. The Bertz CT molecular complexity index is 494. The smallest absolute Gasteiger partial charge is 0.237 e. The van der Waals surface area contributed by atoms with Gasteiger partial charge in [0.2, 0.25) is 5.91 Å². The number of amides is 1. The van der Waals surface area contributed by atoms with Crippen LogP contribution in [0.25, 0.3) is 0 Å². The molecule has 2 saturated heterocycles. The van der Waals surface area contributed by atoms with E-state index in [9.17, 15) is 9.90 Å². The molecule has 0 radical (unpaired) electrons.